The van der Waals surface area contributed by atoms with E-state index in [1.165, 1.54) is 16.8 Å². The van der Waals surface area contributed by atoms with E-state index in [9.17, 15) is 0 Å². The Kier molecular flexibility index (Phi) is 4.23. The van der Waals surface area contributed by atoms with Gasteiger partial charge in [0.1, 0.15) is 0 Å². The Labute approximate surface area is 115 Å². The van der Waals surface area contributed by atoms with Crippen LogP contribution >= 0.6 is 0 Å². The highest BCUT2D eigenvalue weighted by Gasteiger charge is 2.09. The van der Waals surface area contributed by atoms with Crippen LogP contribution in [0, 0.1) is 6.92 Å². The summed E-state index contributed by atoms with van der Waals surface area (Å²) < 4.78 is 0. The maximum absolute atomic E-state index is 5.69. The molecule has 3 N–H and O–H groups in total. The van der Waals surface area contributed by atoms with Gasteiger partial charge in [0.05, 0.1) is 0 Å². The molecule has 0 spiro atoms. The summed E-state index contributed by atoms with van der Waals surface area (Å²) in [6.07, 6.45) is 0. The number of hydrogen-bond donors (Lipinski definition) is 2. The van der Waals surface area contributed by atoms with Gasteiger partial charge in [0.2, 0.25) is 0 Å². The third-order valence-electron chi connectivity index (χ3n) is 3.36. The molecule has 2 aromatic carbocycles. The van der Waals surface area contributed by atoms with Gasteiger partial charge < -0.3 is 11.1 Å². The second kappa shape index (κ2) is 5.89. The molecule has 0 bridgehead atoms. The summed E-state index contributed by atoms with van der Waals surface area (Å²) in [4.78, 5) is 0. The average molecular weight is 254 g/mol. The van der Waals surface area contributed by atoms with Gasteiger partial charge in [0.25, 0.3) is 0 Å². The Balaban J connectivity index is 2.37. The van der Waals surface area contributed by atoms with Gasteiger partial charge in [-0.05, 0) is 41.7 Å². The van der Waals surface area contributed by atoms with E-state index >= 15 is 0 Å². The minimum Gasteiger partial charge on any atom is -0.355 e. The molecule has 19 heavy (non-hydrogen) atoms. The monoisotopic (exact) mass is 254 g/mol. The number of nitrogens with one attached hydrogen (secondary N) is 1. The van der Waals surface area contributed by atoms with E-state index < -0.39 is 0 Å². The number of benzene rings is 2. The van der Waals surface area contributed by atoms with Crippen LogP contribution in [-0.2, 0) is 6.54 Å². The molecule has 2 aromatic rings. The van der Waals surface area contributed by atoms with Crippen molar-refractivity contribution in [2.75, 3.05) is 5.32 Å². The summed E-state index contributed by atoms with van der Waals surface area (Å²) in [7, 11) is 0. The summed E-state index contributed by atoms with van der Waals surface area (Å²) in [6.45, 7) is 7.15. The van der Waals surface area contributed by atoms with Gasteiger partial charge in [-0.2, -0.15) is 0 Å². The lowest BCUT2D eigenvalue weighted by Crippen LogP contribution is -2.01. The quantitative estimate of drug-likeness (QED) is 0.852. The van der Waals surface area contributed by atoms with E-state index in [2.05, 4.69) is 56.4 Å². The molecule has 0 saturated heterocycles. The fourth-order valence-corrected chi connectivity index (χ4v) is 2.26. The van der Waals surface area contributed by atoms with E-state index in [1.54, 1.807) is 0 Å². The minimum atomic E-state index is 0.500. The highest BCUT2D eigenvalue weighted by Crippen LogP contribution is 2.30. The molecule has 0 atom stereocenters. The molecule has 2 rings (SSSR count). The lowest BCUT2D eigenvalue weighted by molar-refractivity contribution is 0.867. The maximum atomic E-state index is 5.69. The fraction of sp³-hybridized carbons (Fsp3) is 0.294. The highest BCUT2D eigenvalue weighted by molar-refractivity contribution is 5.67. The largest absolute Gasteiger partial charge is 0.355 e. The van der Waals surface area contributed by atoms with Gasteiger partial charge in [0, 0.05) is 17.9 Å². The normalized spacial score (nSPS) is 10.8. The SMILES string of the molecule is Cc1cccc(C(C)C)c1Nc1cccc(CN)c1. The van der Waals surface area contributed by atoms with Gasteiger partial charge in [-0.15, -0.1) is 0 Å². The van der Waals surface area contributed by atoms with Crippen LogP contribution in [0.2, 0.25) is 0 Å². The van der Waals surface area contributed by atoms with Crippen LogP contribution in [0.4, 0.5) is 11.4 Å². The van der Waals surface area contributed by atoms with Gasteiger partial charge in [-0.3, -0.25) is 0 Å². The molecule has 0 aliphatic rings. The van der Waals surface area contributed by atoms with Crippen LogP contribution in [0.1, 0.15) is 36.5 Å². The number of para-hydroxylation sites is 1. The fourth-order valence-electron chi connectivity index (χ4n) is 2.26. The molecule has 2 nitrogen and oxygen atoms in total. The predicted molar refractivity (Wildman–Crippen MR) is 82.9 cm³/mol. The van der Waals surface area contributed by atoms with Crippen molar-refractivity contribution < 1.29 is 0 Å². The first-order chi connectivity index (χ1) is 9.11. The summed E-state index contributed by atoms with van der Waals surface area (Å²) >= 11 is 0. The van der Waals surface area contributed by atoms with Crippen LogP contribution in [0.15, 0.2) is 42.5 Å². The van der Waals surface area contributed by atoms with Gasteiger partial charge >= 0.3 is 0 Å². The molecule has 0 radical (unpaired) electrons. The molecule has 0 aromatic heterocycles. The summed E-state index contributed by atoms with van der Waals surface area (Å²) in [6, 6.07) is 14.7. The first-order valence-electron chi connectivity index (χ1n) is 6.77. The van der Waals surface area contributed by atoms with Crippen molar-refractivity contribution in [1.82, 2.24) is 0 Å². The number of aryl methyl sites for hydroxylation is 1. The van der Waals surface area contributed by atoms with E-state index in [0.717, 1.165) is 11.3 Å². The summed E-state index contributed by atoms with van der Waals surface area (Å²) in [5.74, 6) is 0.500. The van der Waals surface area contributed by atoms with Crippen molar-refractivity contribution in [2.24, 2.45) is 5.73 Å². The molecule has 0 saturated carbocycles. The Morgan fingerprint density at radius 2 is 1.84 bits per heavy atom. The second-order valence-electron chi connectivity index (χ2n) is 5.22. The smallest absolute Gasteiger partial charge is 0.0449 e. The van der Waals surface area contributed by atoms with Crippen molar-refractivity contribution in [2.45, 2.75) is 33.2 Å². The van der Waals surface area contributed by atoms with E-state index in [-0.39, 0.29) is 0 Å². The van der Waals surface area contributed by atoms with Gasteiger partial charge in [-0.25, -0.2) is 0 Å². The van der Waals surface area contributed by atoms with Crippen molar-refractivity contribution in [3.63, 3.8) is 0 Å². The van der Waals surface area contributed by atoms with Gasteiger partial charge in [-0.1, -0.05) is 44.2 Å². The lowest BCUT2D eigenvalue weighted by atomic mass is 9.98. The van der Waals surface area contributed by atoms with Crippen molar-refractivity contribution >= 4 is 11.4 Å². The molecule has 0 amide bonds. The standard InChI is InChI=1S/C17H22N2/c1-12(2)16-9-4-6-13(3)17(16)19-15-8-5-7-14(10-15)11-18/h4-10,12,19H,11,18H2,1-3H3. The first-order valence-corrected chi connectivity index (χ1v) is 6.77. The first kappa shape index (κ1) is 13.6. The lowest BCUT2D eigenvalue weighted by Gasteiger charge is -2.17. The van der Waals surface area contributed by atoms with E-state index in [0.29, 0.717) is 12.5 Å². The predicted octanol–water partition coefficient (Wildman–Crippen LogP) is 4.32. The average Bonchev–Trinajstić information content (AvgIpc) is 2.41. The zero-order valence-electron chi connectivity index (χ0n) is 11.9. The van der Waals surface area contributed by atoms with Crippen molar-refractivity contribution in [1.29, 1.82) is 0 Å². The zero-order valence-corrected chi connectivity index (χ0v) is 11.9. The van der Waals surface area contributed by atoms with Crippen molar-refractivity contribution in [3.05, 3.63) is 59.2 Å². The topological polar surface area (TPSA) is 38.0 Å². The molecule has 100 valence electrons. The minimum absolute atomic E-state index is 0.500. The number of nitrogens with two attached hydrogens (primary N) is 1. The molecule has 2 heteroatoms. The van der Waals surface area contributed by atoms with Crippen molar-refractivity contribution in [3.8, 4) is 0 Å². The molecule has 0 aliphatic heterocycles. The molecular formula is C17H22N2. The number of hydrogen-bond acceptors (Lipinski definition) is 2. The molecule has 0 heterocycles. The Bertz CT molecular complexity index is 559. The third kappa shape index (κ3) is 3.15. The van der Waals surface area contributed by atoms with E-state index in [4.69, 9.17) is 5.73 Å². The molecule has 0 unspecified atom stereocenters. The summed E-state index contributed by atoms with van der Waals surface area (Å²) in [5, 5.41) is 3.54. The Hall–Kier alpha value is -1.80. The Morgan fingerprint density at radius 1 is 1.11 bits per heavy atom. The second-order valence-corrected chi connectivity index (χ2v) is 5.22. The zero-order chi connectivity index (χ0) is 13.8. The van der Waals surface area contributed by atoms with Gasteiger partial charge in [0.15, 0.2) is 0 Å². The molecule has 0 fully saturated rings. The van der Waals surface area contributed by atoms with Crippen LogP contribution < -0.4 is 11.1 Å². The van der Waals surface area contributed by atoms with Crippen LogP contribution in [0.3, 0.4) is 0 Å². The highest BCUT2D eigenvalue weighted by atomic mass is 14.9. The maximum Gasteiger partial charge on any atom is 0.0449 e. The van der Waals surface area contributed by atoms with E-state index in [1.807, 2.05) is 12.1 Å². The summed E-state index contributed by atoms with van der Waals surface area (Å²) in [5.41, 5.74) is 11.8. The molecular weight excluding hydrogens is 232 g/mol. The number of rotatable bonds is 4. The Morgan fingerprint density at radius 3 is 2.53 bits per heavy atom. The van der Waals surface area contributed by atoms with Crippen LogP contribution in [0.5, 0.6) is 0 Å². The van der Waals surface area contributed by atoms with Crippen LogP contribution in [0.25, 0.3) is 0 Å². The molecule has 0 aliphatic carbocycles. The third-order valence-corrected chi connectivity index (χ3v) is 3.36. The van der Waals surface area contributed by atoms with Crippen LogP contribution in [-0.4, -0.2) is 0 Å². The number of anilines is 2.